The number of aromatic nitrogens is 2. The first-order valence-corrected chi connectivity index (χ1v) is 7.39. The maximum atomic E-state index is 5.81. The van der Waals surface area contributed by atoms with Crippen molar-refractivity contribution in [3.63, 3.8) is 0 Å². The van der Waals surface area contributed by atoms with Crippen molar-refractivity contribution >= 4 is 0 Å². The molecule has 1 aromatic carbocycles. The summed E-state index contributed by atoms with van der Waals surface area (Å²) < 4.78 is 7.69. The van der Waals surface area contributed by atoms with E-state index < -0.39 is 0 Å². The van der Waals surface area contributed by atoms with Crippen molar-refractivity contribution < 1.29 is 4.74 Å². The van der Waals surface area contributed by atoms with E-state index in [0.29, 0.717) is 6.04 Å². The van der Waals surface area contributed by atoms with Gasteiger partial charge in [-0.05, 0) is 52.3 Å². The summed E-state index contributed by atoms with van der Waals surface area (Å²) in [6.07, 6.45) is 3.66. The third-order valence-corrected chi connectivity index (χ3v) is 3.09. The van der Waals surface area contributed by atoms with Crippen LogP contribution in [0.4, 0.5) is 0 Å². The number of rotatable bonds is 5. The van der Waals surface area contributed by atoms with Crippen molar-refractivity contribution in [1.29, 1.82) is 0 Å². The molecule has 0 bridgehead atoms. The number of nitrogens with one attached hydrogen (secondary N) is 1. The van der Waals surface area contributed by atoms with Crippen LogP contribution in [0.2, 0.25) is 0 Å². The average molecular weight is 287 g/mol. The molecule has 0 aliphatic rings. The Kier molecular flexibility index (Phi) is 4.68. The molecule has 0 aliphatic carbocycles. The summed E-state index contributed by atoms with van der Waals surface area (Å²) in [4.78, 5) is 0. The summed E-state index contributed by atoms with van der Waals surface area (Å²) >= 11 is 0. The monoisotopic (exact) mass is 287 g/mol. The maximum absolute atomic E-state index is 5.81. The zero-order valence-corrected chi connectivity index (χ0v) is 13.6. The van der Waals surface area contributed by atoms with Crippen LogP contribution in [0.1, 0.15) is 46.2 Å². The van der Waals surface area contributed by atoms with Crippen LogP contribution >= 0.6 is 0 Å². The highest BCUT2D eigenvalue weighted by Crippen LogP contribution is 2.22. The minimum atomic E-state index is 0.126. The summed E-state index contributed by atoms with van der Waals surface area (Å²) in [5.41, 5.74) is 1.37. The second-order valence-corrected chi connectivity index (χ2v) is 6.60. The number of hydrogen-bond donors (Lipinski definition) is 1. The number of nitrogens with zero attached hydrogens (tertiary/aromatic N) is 2. The third-order valence-electron chi connectivity index (χ3n) is 3.09. The van der Waals surface area contributed by atoms with Gasteiger partial charge in [-0.3, -0.25) is 4.68 Å². The minimum absolute atomic E-state index is 0.126. The number of benzene rings is 1. The summed E-state index contributed by atoms with van der Waals surface area (Å²) in [7, 11) is 0. The van der Waals surface area contributed by atoms with Crippen LogP contribution in [-0.2, 0) is 6.54 Å². The number of hydrogen-bond acceptors (Lipinski definition) is 3. The Hall–Kier alpha value is -1.81. The zero-order valence-electron chi connectivity index (χ0n) is 13.6. The Morgan fingerprint density at radius 3 is 2.33 bits per heavy atom. The van der Waals surface area contributed by atoms with E-state index in [1.807, 2.05) is 23.0 Å². The Balaban J connectivity index is 1.95. The van der Waals surface area contributed by atoms with Gasteiger partial charge in [-0.15, -0.1) is 0 Å². The van der Waals surface area contributed by atoms with Gasteiger partial charge in [0.15, 0.2) is 5.75 Å². The van der Waals surface area contributed by atoms with Gasteiger partial charge in [0.25, 0.3) is 0 Å². The molecule has 21 heavy (non-hydrogen) atoms. The van der Waals surface area contributed by atoms with Crippen LogP contribution in [0.5, 0.6) is 11.5 Å². The molecular formula is C17H25N3O. The quantitative estimate of drug-likeness (QED) is 0.898. The fraction of sp³-hybridized carbons (Fsp3) is 0.471. The molecule has 114 valence electrons. The van der Waals surface area contributed by atoms with Gasteiger partial charge in [-0.1, -0.05) is 12.1 Å². The molecule has 1 heterocycles. The van der Waals surface area contributed by atoms with Gasteiger partial charge >= 0.3 is 0 Å². The fourth-order valence-corrected chi connectivity index (χ4v) is 1.83. The standard InChI is InChI=1S/C17H25N3O/c1-13(2)20-12-16(11-19-20)21-15-8-6-14(7-9-15)10-18-17(3,4)5/h6-9,11-13,18H,10H2,1-5H3. The van der Waals surface area contributed by atoms with E-state index in [9.17, 15) is 0 Å². The van der Waals surface area contributed by atoms with E-state index in [1.54, 1.807) is 6.20 Å². The molecular weight excluding hydrogens is 262 g/mol. The van der Waals surface area contributed by atoms with E-state index in [2.05, 4.69) is 57.2 Å². The summed E-state index contributed by atoms with van der Waals surface area (Å²) in [5.74, 6) is 1.60. The first-order valence-electron chi connectivity index (χ1n) is 7.39. The van der Waals surface area contributed by atoms with Gasteiger partial charge in [0.1, 0.15) is 5.75 Å². The summed E-state index contributed by atoms with van der Waals surface area (Å²) in [5, 5.41) is 7.74. The molecule has 0 fully saturated rings. The highest BCUT2D eigenvalue weighted by Gasteiger charge is 2.08. The second-order valence-electron chi connectivity index (χ2n) is 6.60. The fourth-order valence-electron chi connectivity index (χ4n) is 1.83. The van der Waals surface area contributed by atoms with Crippen molar-refractivity contribution in [3.05, 3.63) is 42.2 Å². The predicted octanol–water partition coefficient (Wildman–Crippen LogP) is 4.14. The lowest BCUT2D eigenvalue weighted by molar-refractivity contribution is 0.424. The largest absolute Gasteiger partial charge is 0.454 e. The van der Waals surface area contributed by atoms with Gasteiger partial charge in [-0.25, -0.2) is 0 Å². The van der Waals surface area contributed by atoms with Crippen molar-refractivity contribution in [2.45, 2.75) is 52.7 Å². The van der Waals surface area contributed by atoms with Crippen molar-refractivity contribution in [2.75, 3.05) is 0 Å². The molecule has 1 N–H and O–H groups in total. The molecule has 0 atom stereocenters. The smallest absolute Gasteiger partial charge is 0.165 e. The molecule has 0 amide bonds. The zero-order chi connectivity index (χ0) is 15.5. The summed E-state index contributed by atoms with van der Waals surface area (Å²) in [6, 6.07) is 8.49. The normalized spacial score (nSPS) is 11.9. The lowest BCUT2D eigenvalue weighted by Gasteiger charge is -2.20. The number of ether oxygens (including phenoxy) is 1. The van der Waals surface area contributed by atoms with Crippen LogP contribution in [0.25, 0.3) is 0 Å². The minimum Gasteiger partial charge on any atom is -0.454 e. The third kappa shape index (κ3) is 4.90. The van der Waals surface area contributed by atoms with Gasteiger partial charge in [0, 0.05) is 18.1 Å². The molecule has 0 aliphatic heterocycles. The van der Waals surface area contributed by atoms with Crippen LogP contribution in [-0.4, -0.2) is 15.3 Å². The Labute approximate surface area is 127 Å². The SMILES string of the molecule is CC(C)n1cc(Oc2ccc(CNC(C)(C)C)cc2)cn1. The Morgan fingerprint density at radius 2 is 1.81 bits per heavy atom. The van der Waals surface area contributed by atoms with Gasteiger partial charge in [0.2, 0.25) is 0 Å². The van der Waals surface area contributed by atoms with E-state index in [0.717, 1.165) is 18.0 Å². The van der Waals surface area contributed by atoms with E-state index >= 15 is 0 Å². The second kappa shape index (κ2) is 6.31. The molecule has 1 aromatic heterocycles. The van der Waals surface area contributed by atoms with Crippen LogP contribution in [0.15, 0.2) is 36.7 Å². The first kappa shape index (κ1) is 15.6. The van der Waals surface area contributed by atoms with Gasteiger partial charge in [0.05, 0.1) is 12.4 Å². The maximum Gasteiger partial charge on any atom is 0.165 e. The Morgan fingerprint density at radius 1 is 1.14 bits per heavy atom. The van der Waals surface area contributed by atoms with Crippen molar-refractivity contribution in [3.8, 4) is 11.5 Å². The van der Waals surface area contributed by atoms with Crippen LogP contribution < -0.4 is 10.1 Å². The van der Waals surface area contributed by atoms with Crippen LogP contribution in [0, 0.1) is 0 Å². The van der Waals surface area contributed by atoms with E-state index in [-0.39, 0.29) is 5.54 Å². The van der Waals surface area contributed by atoms with Crippen molar-refractivity contribution in [2.24, 2.45) is 0 Å². The highest BCUT2D eigenvalue weighted by molar-refractivity contribution is 5.31. The summed E-state index contributed by atoms with van der Waals surface area (Å²) in [6.45, 7) is 11.5. The topological polar surface area (TPSA) is 39.1 Å². The first-order chi connectivity index (χ1) is 9.83. The van der Waals surface area contributed by atoms with E-state index in [1.165, 1.54) is 5.56 Å². The molecule has 2 rings (SSSR count). The predicted molar refractivity (Wildman–Crippen MR) is 85.7 cm³/mol. The lowest BCUT2D eigenvalue weighted by atomic mass is 10.1. The molecule has 2 aromatic rings. The van der Waals surface area contributed by atoms with Crippen molar-refractivity contribution in [1.82, 2.24) is 15.1 Å². The highest BCUT2D eigenvalue weighted by atomic mass is 16.5. The lowest BCUT2D eigenvalue weighted by Crippen LogP contribution is -2.34. The van der Waals surface area contributed by atoms with Gasteiger partial charge in [-0.2, -0.15) is 5.10 Å². The van der Waals surface area contributed by atoms with Gasteiger partial charge < -0.3 is 10.1 Å². The average Bonchev–Trinajstić information content (AvgIpc) is 2.86. The van der Waals surface area contributed by atoms with Crippen LogP contribution in [0.3, 0.4) is 0 Å². The molecule has 4 nitrogen and oxygen atoms in total. The Bertz CT molecular complexity index is 564. The van der Waals surface area contributed by atoms with E-state index in [4.69, 9.17) is 4.74 Å². The molecule has 0 radical (unpaired) electrons. The molecule has 4 heteroatoms. The molecule has 0 saturated heterocycles. The molecule has 0 spiro atoms. The molecule has 0 saturated carbocycles. The molecule has 0 unspecified atom stereocenters.